The van der Waals surface area contributed by atoms with Crippen molar-refractivity contribution in [2.75, 3.05) is 25.1 Å². The Morgan fingerprint density at radius 1 is 1.40 bits per heavy atom. The maximum Gasteiger partial charge on any atom is 0.0643 e. The highest BCUT2D eigenvalue weighted by atomic mass is 35.5. The van der Waals surface area contributed by atoms with Gasteiger partial charge in [0, 0.05) is 18.6 Å². The molecule has 0 spiro atoms. The van der Waals surface area contributed by atoms with Crippen molar-refractivity contribution in [3.63, 3.8) is 0 Å². The Kier molecular flexibility index (Phi) is 5.70. The molecule has 1 aromatic rings. The molecule has 1 unspecified atom stereocenters. The normalized spacial score (nSPS) is 17.4. The monoisotopic (exact) mass is 296 g/mol. The Bertz CT molecular complexity index is 432. The second kappa shape index (κ2) is 7.30. The molecular weight excluding hydrogens is 272 g/mol. The van der Waals surface area contributed by atoms with Gasteiger partial charge in [0.25, 0.3) is 0 Å². The van der Waals surface area contributed by atoms with E-state index >= 15 is 0 Å². The van der Waals surface area contributed by atoms with Crippen molar-refractivity contribution in [2.24, 2.45) is 0 Å². The number of aliphatic hydroxyl groups excluding tert-OH is 1. The first-order valence-electron chi connectivity index (χ1n) is 7.51. The Balaban J connectivity index is 2.24. The summed E-state index contributed by atoms with van der Waals surface area (Å²) < 4.78 is 0. The summed E-state index contributed by atoms with van der Waals surface area (Å²) in [6.45, 7) is 2.95. The summed E-state index contributed by atoms with van der Waals surface area (Å²) in [5.74, 6) is 0. The van der Waals surface area contributed by atoms with Crippen molar-refractivity contribution in [3.8, 4) is 0 Å². The van der Waals surface area contributed by atoms with E-state index in [-0.39, 0.29) is 6.61 Å². The van der Waals surface area contributed by atoms with E-state index in [1.54, 1.807) is 0 Å². The number of nitrogens with one attached hydrogen (secondary N) is 1. The van der Waals surface area contributed by atoms with Crippen molar-refractivity contribution in [3.05, 3.63) is 28.8 Å². The molecule has 1 aliphatic carbocycles. The van der Waals surface area contributed by atoms with Gasteiger partial charge in [-0.25, -0.2) is 0 Å². The van der Waals surface area contributed by atoms with Crippen molar-refractivity contribution in [1.82, 2.24) is 5.32 Å². The molecule has 1 aliphatic rings. The number of anilines is 1. The lowest BCUT2D eigenvalue weighted by Crippen LogP contribution is -2.35. The van der Waals surface area contributed by atoms with Crippen LogP contribution >= 0.6 is 11.6 Å². The molecule has 0 radical (unpaired) electrons. The summed E-state index contributed by atoms with van der Waals surface area (Å²) in [5.41, 5.74) is 2.25. The van der Waals surface area contributed by atoms with Crippen LogP contribution < -0.4 is 10.2 Å². The van der Waals surface area contributed by atoms with Crippen LogP contribution in [0.25, 0.3) is 0 Å². The molecule has 1 aromatic carbocycles. The fourth-order valence-corrected chi connectivity index (χ4v) is 3.31. The van der Waals surface area contributed by atoms with Crippen LogP contribution in [0.5, 0.6) is 0 Å². The summed E-state index contributed by atoms with van der Waals surface area (Å²) >= 11 is 6.49. The molecule has 2 rings (SSSR count). The van der Waals surface area contributed by atoms with Crippen molar-refractivity contribution < 1.29 is 5.11 Å². The van der Waals surface area contributed by atoms with Gasteiger partial charge in [-0.3, -0.25) is 0 Å². The van der Waals surface area contributed by atoms with E-state index in [0.29, 0.717) is 18.6 Å². The lowest BCUT2D eigenvalue weighted by molar-refractivity contribution is 0.297. The van der Waals surface area contributed by atoms with Gasteiger partial charge in [0.05, 0.1) is 17.3 Å². The van der Waals surface area contributed by atoms with E-state index in [9.17, 15) is 5.11 Å². The molecule has 2 N–H and O–H groups in total. The summed E-state index contributed by atoms with van der Waals surface area (Å²) in [7, 11) is 1.95. The number of benzene rings is 1. The molecule has 0 heterocycles. The molecule has 0 aliphatic heterocycles. The second-order valence-corrected chi connectivity index (χ2v) is 5.98. The van der Waals surface area contributed by atoms with Crippen molar-refractivity contribution in [2.45, 2.75) is 44.7 Å². The summed E-state index contributed by atoms with van der Waals surface area (Å²) in [5, 5.41) is 13.3. The quantitative estimate of drug-likeness (QED) is 0.845. The summed E-state index contributed by atoms with van der Waals surface area (Å²) in [4.78, 5) is 2.28. The van der Waals surface area contributed by atoms with E-state index in [1.807, 2.05) is 13.1 Å². The molecule has 1 saturated carbocycles. The zero-order chi connectivity index (χ0) is 14.5. The van der Waals surface area contributed by atoms with E-state index in [4.69, 9.17) is 11.6 Å². The van der Waals surface area contributed by atoms with E-state index < -0.39 is 0 Å². The topological polar surface area (TPSA) is 35.5 Å². The van der Waals surface area contributed by atoms with Crippen LogP contribution in [0.4, 0.5) is 5.69 Å². The van der Waals surface area contributed by atoms with E-state index in [0.717, 1.165) is 10.7 Å². The SMILES string of the molecule is CNC(C)c1ccc(N(CCO)C2CCCC2)c(Cl)c1. The molecule has 1 fully saturated rings. The predicted molar refractivity (Wildman–Crippen MR) is 85.6 cm³/mol. The Hall–Kier alpha value is -0.770. The van der Waals surface area contributed by atoms with Crippen LogP contribution in [0.15, 0.2) is 18.2 Å². The number of hydrogen-bond donors (Lipinski definition) is 2. The molecule has 3 nitrogen and oxygen atoms in total. The Labute approximate surface area is 126 Å². The largest absolute Gasteiger partial charge is 0.395 e. The minimum atomic E-state index is 0.168. The minimum Gasteiger partial charge on any atom is -0.395 e. The highest BCUT2D eigenvalue weighted by molar-refractivity contribution is 6.33. The van der Waals surface area contributed by atoms with Gasteiger partial charge >= 0.3 is 0 Å². The highest BCUT2D eigenvalue weighted by Gasteiger charge is 2.24. The van der Waals surface area contributed by atoms with Crippen LogP contribution in [0.3, 0.4) is 0 Å². The van der Waals surface area contributed by atoms with Gasteiger partial charge in [-0.15, -0.1) is 0 Å². The number of halogens is 1. The second-order valence-electron chi connectivity index (χ2n) is 5.58. The van der Waals surface area contributed by atoms with Gasteiger partial charge in [0.15, 0.2) is 0 Å². The lowest BCUT2D eigenvalue weighted by atomic mass is 10.1. The van der Waals surface area contributed by atoms with Gasteiger partial charge in [0.1, 0.15) is 0 Å². The maximum absolute atomic E-state index is 9.34. The van der Waals surface area contributed by atoms with Crippen molar-refractivity contribution >= 4 is 17.3 Å². The van der Waals surface area contributed by atoms with Gasteiger partial charge in [0.2, 0.25) is 0 Å². The molecule has 20 heavy (non-hydrogen) atoms. The molecule has 112 valence electrons. The van der Waals surface area contributed by atoms with Gasteiger partial charge in [-0.2, -0.15) is 0 Å². The van der Waals surface area contributed by atoms with Gasteiger partial charge < -0.3 is 15.3 Å². The smallest absolute Gasteiger partial charge is 0.0643 e. The molecule has 0 amide bonds. The van der Waals surface area contributed by atoms with Crippen LogP contribution in [0.1, 0.15) is 44.2 Å². The van der Waals surface area contributed by atoms with E-state index in [2.05, 4.69) is 29.3 Å². The summed E-state index contributed by atoms with van der Waals surface area (Å²) in [6.07, 6.45) is 4.95. The average Bonchev–Trinajstić information content (AvgIpc) is 2.98. The summed E-state index contributed by atoms with van der Waals surface area (Å²) in [6, 6.07) is 7.07. The van der Waals surface area contributed by atoms with E-state index in [1.165, 1.54) is 31.2 Å². The first-order valence-corrected chi connectivity index (χ1v) is 7.89. The number of rotatable bonds is 6. The van der Waals surface area contributed by atoms with Crippen LogP contribution in [0, 0.1) is 0 Å². The van der Waals surface area contributed by atoms with Crippen LogP contribution in [0.2, 0.25) is 5.02 Å². The number of hydrogen-bond acceptors (Lipinski definition) is 3. The van der Waals surface area contributed by atoms with Gasteiger partial charge in [-0.05, 0) is 44.5 Å². The molecular formula is C16H25ClN2O. The molecule has 0 bridgehead atoms. The zero-order valence-corrected chi connectivity index (χ0v) is 13.2. The van der Waals surface area contributed by atoms with Gasteiger partial charge in [-0.1, -0.05) is 30.5 Å². The fraction of sp³-hybridized carbons (Fsp3) is 0.625. The molecule has 4 heteroatoms. The molecule has 1 atom stereocenters. The number of aliphatic hydroxyl groups is 1. The van der Waals surface area contributed by atoms with Crippen LogP contribution in [-0.4, -0.2) is 31.3 Å². The Morgan fingerprint density at radius 3 is 2.65 bits per heavy atom. The predicted octanol–water partition coefficient (Wildman–Crippen LogP) is 3.36. The zero-order valence-electron chi connectivity index (χ0n) is 12.4. The molecule has 0 aromatic heterocycles. The van der Waals surface area contributed by atoms with Crippen LogP contribution in [-0.2, 0) is 0 Å². The lowest BCUT2D eigenvalue weighted by Gasteiger charge is -2.31. The highest BCUT2D eigenvalue weighted by Crippen LogP contribution is 2.34. The standard InChI is InChI=1S/C16H25ClN2O/c1-12(18-2)13-7-8-16(15(17)11-13)19(9-10-20)14-5-3-4-6-14/h7-8,11-12,14,18,20H,3-6,9-10H2,1-2H3. The first-order chi connectivity index (χ1) is 9.67. The fourth-order valence-electron chi connectivity index (χ4n) is 3.02. The maximum atomic E-state index is 9.34. The average molecular weight is 297 g/mol. The minimum absolute atomic E-state index is 0.168. The van der Waals surface area contributed by atoms with Crippen molar-refractivity contribution in [1.29, 1.82) is 0 Å². The Morgan fingerprint density at radius 2 is 2.10 bits per heavy atom. The third kappa shape index (κ3) is 3.46. The first kappa shape index (κ1) is 15.6. The number of nitrogens with zero attached hydrogens (tertiary/aromatic N) is 1. The molecule has 0 saturated heterocycles. The third-order valence-corrected chi connectivity index (χ3v) is 4.62. The third-order valence-electron chi connectivity index (χ3n) is 4.32.